The summed E-state index contributed by atoms with van der Waals surface area (Å²) < 4.78 is 54.8. The molecular formula is C74H92Cl4F3LiN24O6P+. The Morgan fingerprint density at radius 2 is 1.04 bits per heavy atom. The van der Waals surface area contributed by atoms with Gasteiger partial charge in [0.2, 0.25) is 12.1 Å². The fourth-order valence-electron chi connectivity index (χ4n) is 8.84. The summed E-state index contributed by atoms with van der Waals surface area (Å²) in [4.78, 5) is 67.3. The number of pyridine rings is 9. The van der Waals surface area contributed by atoms with Gasteiger partial charge in [-0.1, -0.05) is 32.4 Å². The molecular weight excluding hydrogens is 1560 g/mol. The molecule has 0 fully saturated rings. The van der Waals surface area contributed by atoms with E-state index in [0.717, 1.165) is 123 Å². The molecule has 0 aliphatic rings. The van der Waals surface area contributed by atoms with Crippen LogP contribution in [0.25, 0.3) is 66.2 Å². The smallest absolute Gasteiger partial charge is 0.343 e. The number of hydrogen-bond acceptors (Lipinski definition) is 22. The second-order valence-electron chi connectivity index (χ2n) is 22.5. The number of aromatic amines is 2. The van der Waals surface area contributed by atoms with Crippen LogP contribution in [0, 0.1) is 65.9 Å². The van der Waals surface area contributed by atoms with Crippen LogP contribution < -0.4 is 35.3 Å². The molecule has 0 aliphatic heterocycles. The van der Waals surface area contributed by atoms with Gasteiger partial charge in [-0.05, 0) is 179 Å². The van der Waals surface area contributed by atoms with Crippen molar-refractivity contribution >= 4 is 134 Å². The van der Waals surface area contributed by atoms with Crippen LogP contribution in [0.1, 0.15) is 103 Å². The van der Waals surface area contributed by atoms with E-state index in [4.69, 9.17) is 11.6 Å². The topological polar surface area (TPSA) is 389 Å². The van der Waals surface area contributed by atoms with E-state index in [1.807, 2.05) is 144 Å². The van der Waals surface area contributed by atoms with Gasteiger partial charge >= 0.3 is 29.6 Å². The number of aromatic nitrogens is 21. The van der Waals surface area contributed by atoms with Crippen molar-refractivity contribution in [2.24, 2.45) is 39.9 Å². The first-order valence-electron chi connectivity index (χ1n) is 33.0. The number of unbranched alkanes of at least 4 members (excludes halogenated alkanes) is 1. The van der Waals surface area contributed by atoms with Gasteiger partial charge in [0.1, 0.15) is 72.0 Å². The monoisotopic (exact) mass is 1650 g/mol. The van der Waals surface area contributed by atoms with Gasteiger partial charge in [0.05, 0.1) is 64.6 Å². The summed E-state index contributed by atoms with van der Waals surface area (Å²) in [6, 6.07) is 29.7. The van der Waals surface area contributed by atoms with E-state index in [1.54, 1.807) is 60.9 Å². The predicted octanol–water partition coefficient (Wildman–Crippen LogP) is 12.4. The minimum Gasteiger partial charge on any atom is -0.343 e. The Bertz CT molecular complexity index is 5190. The zero-order chi connectivity index (χ0) is 83.1. The van der Waals surface area contributed by atoms with Gasteiger partial charge in [-0.15, -0.1) is 0 Å². The maximum Gasteiger partial charge on any atom is 1.00 e. The molecule has 0 aliphatic carbocycles. The number of hydrazine groups is 1. The van der Waals surface area contributed by atoms with Gasteiger partial charge in [-0.3, -0.25) is 104 Å². The van der Waals surface area contributed by atoms with E-state index in [9.17, 15) is 37.3 Å². The summed E-state index contributed by atoms with van der Waals surface area (Å²) in [5.74, 6) is 5.87. The maximum atomic E-state index is 12.6. The van der Waals surface area contributed by atoms with Gasteiger partial charge in [0, 0.05) is 103 Å². The number of nitrogens with zero attached hydrogens (tertiary/aromatic N) is 20. The number of H-pyrrole nitrogens is 2. The Labute approximate surface area is 683 Å². The average Bonchev–Trinajstić information content (AvgIpc) is 1.67. The molecule has 0 aromatic carbocycles. The average molecular weight is 1650 g/mol. The zero-order valence-corrected chi connectivity index (χ0v) is 68.8. The summed E-state index contributed by atoms with van der Waals surface area (Å²) in [6.45, 7) is 21.5. The van der Waals surface area contributed by atoms with E-state index < -0.39 is 16.8 Å². The molecule has 598 valence electrons. The molecule has 15 rings (SSSR count). The summed E-state index contributed by atoms with van der Waals surface area (Å²) in [5, 5.41) is 38.5. The molecule has 0 spiro atoms. The number of Topliss-reactive ketones (excluding diaryl/α,β-unsaturated/α-hetero) is 2. The van der Waals surface area contributed by atoms with Crippen LogP contribution in [-0.2, 0) is 42.4 Å². The first kappa shape index (κ1) is 100. The fraction of sp³-hybridized carbons (Fsp3) is 0.257. The van der Waals surface area contributed by atoms with Crippen LogP contribution >= 0.6 is 50.5 Å². The molecule has 39 heteroatoms. The van der Waals surface area contributed by atoms with E-state index >= 15 is 0 Å². The molecule has 0 atom stereocenters. The van der Waals surface area contributed by atoms with E-state index in [0.29, 0.717) is 5.15 Å². The number of hydrogen-bond donors (Lipinski definition) is 5. The third-order valence-corrected chi connectivity index (χ3v) is 14.5. The molecule has 7 N–H and O–H groups in total. The van der Waals surface area contributed by atoms with E-state index in [2.05, 4.69) is 145 Å². The summed E-state index contributed by atoms with van der Waals surface area (Å²) in [5.41, 5.74) is 17.3. The number of rotatable bonds is 4. The quantitative estimate of drug-likeness (QED) is 0.0126. The van der Waals surface area contributed by atoms with Crippen molar-refractivity contribution in [2.75, 3.05) is 14.2 Å². The molecule has 30 nitrogen and oxygen atoms in total. The minimum atomic E-state index is -3.22. The third-order valence-electron chi connectivity index (χ3n) is 14.3. The van der Waals surface area contributed by atoms with Crippen molar-refractivity contribution in [2.45, 2.75) is 89.5 Å². The first-order valence-corrected chi connectivity index (χ1v) is 37.8. The van der Waals surface area contributed by atoms with Crippen LogP contribution in [0.4, 0.5) is 13.2 Å². The summed E-state index contributed by atoms with van der Waals surface area (Å²) >= 11 is 19.5. The van der Waals surface area contributed by atoms with Crippen LogP contribution in [0.3, 0.4) is 0 Å². The van der Waals surface area contributed by atoms with Gasteiger partial charge in [0.25, 0.3) is 0 Å². The van der Waals surface area contributed by atoms with E-state index in [-0.39, 0.29) is 60.8 Å². The Kier molecular flexibility index (Phi) is 46.1. The third kappa shape index (κ3) is 34.1. The molecule has 113 heavy (non-hydrogen) atoms. The van der Waals surface area contributed by atoms with E-state index in [1.165, 1.54) is 83.4 Å². The Balaban J connectivity index is 0.000000620. The second-order valence-corrected chi connectivity index (χ2v) is 29.6. The number of carbonyl (C=O) groups excluding carboxylic acids is 3. The van der Waals surface area contributed by atoms with Crippen molar-refractivity contribution in [3.05, 3.63) is 240 Å². The summed E-state index contributed by atoms with van der Waals surface area (Å²) in [6.07, 6.45) is 17.5. The zero-order valence-electron chi connectivity index (χ0n) is 64.9. The van der Waals surface area contributed by atoms with Crippen molar-refractivity contribution in [3.63, 3.8) is 0 Å². The molecule has 0 unspecified atom stereocenters. The number of halogens is 7. The van der Waals surface area contributed by atoms with Gasteiger partial charge in [0.15, 0.2) is 23.2 Å². The first-order chi connectivity index (χ1) is 52.6. The molecule has 15 aromatic rings. The standard InChI is InChI=1S/C8H10N3O.3C8H9N3.C7H6ClN3.2C7H6FNO.C7H7N3.C5H4FN.C4H9NO2.C4H9.CH4.Cl3OP.Li.H4N2/c1-6-8-7(10(2)9-6)4-3-5-11(8)12;1-6-8-7(10-11(6)2)4-3-5-9-8;2*1-6-8-7(11(2)10-6)4-3-5-9-8;1-4-7-5(11-10-4)2-3-6(8)9-7;1-5(10)6-2-3-9-4-7(6)8;1-5(10)7-6(8)3-2-4-9-7;1-5-7-6(10-9-5)3-2-4-8-7;6-5-2-1-3-7-4-5;1-4(6)5(2)7-3;1-3-4-2;;1-5(2,3)4;;1-2/h3-5,12H,1-2H3;3*3-5H,1-2H3;2-3H,1H3,(H,10,11);2*2-4H,1H3;2-4H,1H3,(H,9,10);1-4H;1-3H3;1,3-4H2,2H3;1H4;;;1-2H2/q+1;;;;;;;;;;-1;;;+1;. The normalized spacial score (nSPS) is 9.82. The minimum absolute atomic E-state index is 0. The maximum absolute atomic E-state index is 12.6. The molecule has 0 radical (unpaired) electrons. The number of fused-ring (bicyclic) bond motifs is 6. The SMILES string of the molecule is C.CC(=O)c1ccncc1F.CC(=O)c1ncccc1F.CON(C)C(C)=O.Cc1[nH]nc2ccc(Cl)nc12.Cc1[nH]nc2cccnc12.Cc1c2ncccc2nn1C.Cc1nn(C)c2ccc[n+](O)c12.Cc1nn(C)c2cccnc12.Cc1nn(C)c2cccnc12.Fc1cccnc1.NN.O=P(Cl)(Cl)Cl.[CH2-]CCC.[Li+]. The molecule has 0 bridgehead atoms. The molecule has 1 amide bonds. The van der Waals surface area contributed by atoms with Crippen molar-refractivity contribution in [1.29, 1.82) is 0 Å². The van der Waals surface area contributed by atoms with Crippen LogP contribution in [0.5, 0.6) is 0 Å². The van der Waals surface area contributed by atoms with Gasteiger partial charge < -0.3 is 6.92 Å². The van der Waals surface area contributed by atoms with Crippen molar-refractivity contribution < 1.29 is 65.8 Å². The number of nitrogens with one attached hydrogen (secondary N) is 2. The number of hydroxylamine groups is 2. The largest absolute Gasteiger partial charge is 1.00 e. The van der Waals surface area contributed by atoms with Crippen LogP contribution in [0.15, 0.2) is 165 Å². The van der Waals surface area contributed by atoms with Crippen LogP contribution in [0.2, 0.25) is 5.15 Å². The number of nitrogens with two attached hydrogens (primary N) is 2. The van der Waals surface area contributed by atoms with Crippen LogP contribution in [-0.4, -0.2) is 141 Å². The fourth-order valence-corrected chi connectivity index (χ4v) is 8.98. The van der Waals surface area contributed by atoms with Crippen molar-refractivity contribution in [1.82, 2.24) is 104 Å². The Morgan fingerprint density at radius 3 is 1.44 bits per heavy atom. The summed E-state index contributed by atoms with van der Waals surface area (Å²) in [7, 11) is 10.6. The molecule has 15 heterocycles. The molecule has 15 aromatic heterocycles. The van der Waals surface area contributed by atoms with Gasteiger partial charge in [-0.25, -0.2) is 23.2 Å². The van der Waals surface area contributed by atoms with Gasteiger partial charge in [-0.2, -0.15) is 37.0 Å². The number of amides is 1. The Morgan fingerprint density at radius 1 is 0.584 bits per heavy atom. The molecule has 0 saturated carbocycles. The van der Waals surface area contributed by atoms with Crippen molar-refractivity contribution in [3.8, 4) is 0 Å². The predicted molar refractivity (Wildman–Crippen MR) is 433 cm³/mol. The molecule has 0 saturated heterocycles. The Hall–Kier alpha value is -10.6. The number of ketones is 2. The second kappa shape index (κ2) is 51.9. The number of aryl methyl sites for hydroxylation is 10. The number of carbonyl (C=O) groups is 3.